The Balaban J connectivity index is 1.59. The highest BCUT2D eigenvalue weighted by molar-refractivity contribution is 5.99. The Bertz CT molecular complexity index is 915. The number of hydrogen-bond donors (Lipinski definition) is 2. The van der Waals surface area contributed by atoms with Gasteiger partial charge in [-0.3, -0.25) is 14.9 Å². The third-order valence-electron chi connectivity index (χ3n) is 5.12. The summed E-state index contributed by atoms with van der Waals surface area (Å²) in [6, 6.07) is 20.0. The predicted molar refractivity (Wildman–Crippen MR) is 109 cm³/mol. The van der Waals surface area contributed by atoms with Gasteiger partial charge in [0.2, 0.25) is 0 Å². The molecule has 4 rings (SSSR count). The Kier molecular flexibility index (Phi) is 5.50. The molecule has 2 heterocycles. The van der Waals surface area contributed by atoms with E-state index in [1.165, 1.54) is 4.90 Å². The number of amides is 1. The molecule has 1 amide bonds. The molecule has 0 unspecified atom stereocenters. The quantitative estimate of drug-likeness (QED) is 0.701. The van der Waals surface area contributed by atoms with Crippen molar-refractivity contribution >= 4 is 5.91 Å². The number of hydrazine groups is 1. The highest BCUT2D eigenvalue weighted by Crippen LogP contribution is 2.22. The first-order valence-corrected chi connectivity index (χ1v) is 9.73. The molecule has 2 N–H and O–H groups in total. The van der Waals surface area contributed by atoms with E-state index in [1.807, 2.05) is 64.4 Å². The Morgan fingerprint density at radius 3 is 2.36 bits per heavy atom. The molecule has 1 fully saturated rings. The molecular formula is C22H26N5O+. The predicted octanol–water partition coefficient (Wildman–Crippen LogP) is 1.07. The third-order valence-corrected chi connectivity index (χ3v) is 5.12. The number of likely N-dealkylation sites (N-methyl/N-ethyl adjacent to an activating group) is 1. The summed E-state index contributed by atoms with van der Waals surface area (Å²) in [7, 11) is 2.18. The molecule has 1 saturated heterocycles. The summed E-state index contributed by atoms with van der Waals surface area (Å²) < 4.78 is 1.85. The Labute approximate surface area is 165 Å². The van der Waals surface area contributed by atoms with Crippen molar-refractivity contribution in [1.82, 2.24) is 20.2 Å². The van der Waals surface area contributed by atoms with Crippen LogP contribution in [0.25, 0.3) is 11.3 Å². The third kappa shape index (κ3) is 4.30. The maximum atomic E-state index is 13.0. The second kappa shape index (κ2) is 8.37. The van der Waals surface area contributed by atoms with Crippen LogP contribution in [-0.2, 0) is 6.54 Å². The lowest BCUT2D eigenvalue weighted by Gasteiger charge is -2.30. The van der Waals surface area contributed by atoms with Crippen LogP contribution in [0.4, 0.5) is 0 Å². The van der Waals surface area contributed by atoms with Gasteiger partial charge in [0, 0.05) is 11.8 Å². The molecule has 1 aromatic heterocycles. The van der Waals surface area contributed by atoms with Gasteiger partial charge in [0.15, 0.2) is 0 Å². The van der Waals surface area contributed by atoms with Crippen molar-refractivity contribution in [3.05, 3.63) is 78.0 Å². The first-order chi connectivity index (χ1) is 13.7. The zero-order valence-electron chi connectivity index (χ0n) is 16.1. The topological polar surface area (TPSA) is 54.6 Å². The van der Waals surface area contributed by atoms with Crippen molar-refractivity contribution in [3.63, 3.8) is 0 Å². The molecule has 3 aromatic rings. The van der Waals surface area contributed by atoms with Gasteiger partial charge in [-0.1, -0.05) is 60.7 Å². The number of carbonyl (C=O) groups excluding carboxylic acids is 1. The second-order valence-corrected chi connectivity index (χ2v) is 7.33. The van der Waals surface area contributed by atoms with Crippen LogP contribution in [0.2, 0.25) is 0 Å². The first kappa shape index (κ1) is 18.4. The van der Waals surface area contributed by atoms with Crippen LogP contribution in [0.5, 0.6) is 0 Å². The van der Waals surface area contributed by atoms with E-state index in [1.54, 1.807) is 0 Å². The van der Waals surface area contributed by atoms with E-state index in [9.17, 15) is 4.79 Å². The molecule has 0 radical (unpaired) electrons. The maximum absolute atomic E-state index is 13.0. The standard InChI is InChI=1S/C22H25N5O/c1-25-12-14-26(15-13-25)24-22(28)20-17-27(16-18-8-4-2-5-9-18)23-21(20)19-10-6-3-7-11-19/h2-11,17H,12-16H2,1H3,(H,24,28)/p+1. The van der Waals surface area contributed by atoms with Crippen molar-refractivity contribution in [2.24, 2.45) is 0 Å². The van der Waals surface area contributed by atoms with Gasteiger partial charge in [-0.2, -0.15) is 5.10 Å². The zero-order valence-corrected chi connectivity index (χ0v) is 16.1. The van der Waals surface area contributed by atoms with Crippen molar-refractivity contribution in [1.29, 1.82) is 0 Å². The lowest BCUT2D eigenvalue weighted by Crippen LogP contribution is -3.12. The number of rotatable bonds is 5. The summed E-state index contributed by atoms with van der Waals surface area (Å²) in [5.41, 5.74) is 6.49. The number of benzene rings is 2. The van der Waals surface area contributed by atoms with Crippen LogP contribution in [0.1, 0.15) is 15.9 Å². The van der Waals surface area contributed by atoms with Gasteiger partial charge in [-0.25, -0.2) is 5.01 Å². The molecule has 6 nitrogen and oxygen atoms in total. The summed E-state index contributed by atoms with van der Waals surface area (Å²) in [5, 5.41) is 6.75. The molecule has 28 heavy (non-hydrogen) atoms. The van der Waals surface area contributed by atoms with Crippen molar-refractivity contribution in [2.75, 3.05) is 33.2 Å². The fourth-order valence-corrected chi connectivity index (χ4v) is 3.45. The van der Waals surface area contributed by atoms with E-state index >= 15 is 0 Å². The minimum atomic E-state index is -0.0993. The summed E-state index contributed by atoms with van der Waals surface area (Å²) >= 11 is 0. The van der Waals surface area contributed by atoms with E-state index < -0.39 is 0 Å². The van der Waals surface area contributed by atoms with Gasteiger partial charge in [-0.05, 0) is 5.56 Å². The molecule has 2 aromatic carbocycles. The number of nitrogens with zero attached hydrogens (tertiary/aromatic N) is 3. The largest absolute Gasteiger partial charge is 0.335 e. The van der Waals surface area contributed by atoms with E-state index in [0.717, 1.165) is 37.3 Å². The molecule has 144 valence electrons. The molecule has 0 saturated carbocycles. The number of hydrogen-bond acceptors (Lipinski definition) is 3. The van der Waals surface area contributed by atoms with E-state index in [4.69, 9.17) is 5.10 Å². The Morgan fingerprint density at radius 2 is 1.68 bits per heavy atom. The van der Waals surface area contributed by atoms with Gasteiger partial charge in [0.05, 0.1) is 45.3 Å². The minimum Gasteiger partial charge on any atom is -0.335 e. The van der Waals surface area contributed by atoms with Crippen LogP contribution < -0.4 is 10.3 Å². The number of carbonyl (C=O) groups is 1. The van der Waals surface area contributed by atoms with Crippen LogP contribution in [-0.4, -0.2) is 53.9 Å². The lowest BCUT2D eigenvalue weighted by atomic mass is 10.1. The fraction of sp³-hybridized carbons (Fsp3) is 0.273. The highest BCUT2D eigenvalue weighted by atomic mass is 16.2. The number of quaternary nitrogens is 1. The van der Waals surface area contributed by atoms with Gasteiger partial charge >= 0.3 is 0 Å². The van der Waals surface area contributed by atoms with Gasteiger partial charge in [0.1, 0.15) is 5.69 Å². The highest BCUT2D eigenvalue weighted by Gasteiger charge is 2.23. The van der Waals surface area contributed by atoms with Crippen molar-refractivity contribution in [3.8, 4) is 11.3 Å². The number of piperazine rings is 1. The van der Waals surface area contributed by atoms with Crippen LogP contribution in [0.3, 0.4) is 0 Å². The summed E-state index contributed by atoms with van der Waals surface area (Å²) in [6.45, 7) is 4.40. The average molecular weight is 376 g/mol. The van der Waals surface area contributed by atoms with Gasteiger partial charge in [-0.15, -0.1) is 0 Å². The van der Waals surface area contributed by atoms with E-state index in [0.29, 0.717) is 17.8 Å². The first-order valence-electron chi connectivity index (χ1n) is 9.73. The van der Waals surface area contributed by atoms with E-state index in [2.05, 4.69) is 24.6 Å². The summed E-state index contributed by atoms with van der Waals surface area (Å²) in [6.07, 6.45) is 1.85. The molecule has 1 aliphatic heterocycles. The van der Waals surface area contributed by atoms with Crippen LogP contribution in [0.15, 0.2) is 66.9 Å². The van der Waals surface area contributed by atoms with Crippen molar-refractivity contribution < 1.29 is 9.69 Å². The van der Waals surface area contributed by atoms with Gasteiger partial charge < -0.3 is 4.90 Å². The Hall–Kier alpha value is -2.96. The molecule has 6 heteroatoms. The summed E-state index contributed by atoms with van der Waals surface area (Å²) in [5.74, 6) is -0.0993. The monoisotopic (exact) mass is 376 g/mol. The number of aromatic nitrogens is 2. The number of nitrogens with one attached hydrogen (secondary N) is 2. The molecule has 0 aliphatic carbocycles. The van der Waals surface area contributed by atoms with Crippen LogP contribution >= 0.6 is 0 Å². The van der Waals surface area contributed by atoms with E-state index in [-0.39, 0.29) is 5.91 Å². The molecule has 0 spiro atoms. The molecule has 1 aliphatic rings. The normalized spacial score (nSPS) is 15.5. The van der Waals surface area contributed by atoms with Crippen molar-refractivity contribution in [2.45, 2.75) is 6.54 Å². The molecule has 0 bridgehead atoms. The molecular weight excluding hydrogens is 350 g/mol. The average Bonchev–Trinajstić information content (AvgIpc) is 3.15. The minimum absolute atomic E-state index is 0.0993. The maximum Gasteiger partial charge on any atom is 0.269 e. The smallest absolute Gasteiger partial charge is 0.269 e. The SMILES string of the molecule is C[NH+]1CCN(NC(=O)c2cn(Cc3ccccc3)nc2-c2ccccc2)CC1. The van der Waals surface area contributed by atoms with Gasteiger partial charge in [0.25, 0.3) is 5.91 Å². The van der Waals surface area contributed by atoms with Crippen LogP contribution in [0, 0.1) is 0 Å². The Morgan fingerprint density at radius 1 is 1.04 bits per heavy atom. The fourth-order valence-electron chi connectivity index (χ4n) is 3.45. The summed E-state index contributed by atoms with van der Waals surface area (Å²) in [4.78, 5) is 14.5. The lowest BCUT2D eigenvalue weighted by molar-refractivity contribution is -0.884. The zero-order chi connectivity index (χ0) is 19.3. The second-order valence-electron chi connectivity index (χ2n) is 7.33. The molecule has 0 atom stereocenters.